The molecular weight excluding hydrogens is 484 g/mol. The lowest BCUT2D eigenvalue weighted by Crippen LogP contribution is -2.52. The molecule has 0 aliphatic carbocycles. The van der Waals surface area contributed by atoms with Gasteiger partial charge in [0.1, 0.15) is 10.8 Å². The second kappa shape index (κ2) is 11.9. The summed E-state index contributed by atoms with van der Waals surface area (Å²) in [6.07, 6.45) is 5.97. The maximum Gasteiger partial charge on any atom is 0.260 e. The molecule has 2 unspecified atom stereocenters. The lowest BCUT2D eigenvalue weighted by Gasteiger charge is -2.43. The van der Waals surface area contributed by atoms with Gasteiger partial charge in [0.25, 0.3) is 5.91 Å². The SMILES string of the molecule is CC(=O)N1CCC2CCCC(CN(C(=O)COc3ccccc3)Cc3ccccc31)N2Cc1nccs1. The van der Waals surface area contributed by atoms with E-state index in [-0.39, 0.29) is 24.5 Å². The van der Waals surface area contributed by atoms with Crippen LogP contribution in [0.25, 0.3) is 0 Å². The van der Waals surface area contributed by atoms with Gasteiger partial charge in [0, 0.05) is 55.9 Å². The van der Waals surface area contributed by atoms with E-state index in [4.69, 9.17) is 4.74 Å². The average molecular weight is 519 g/mol. The van der Waals surface area contributed by atoms with Crippen LogP contribution in [0.1, 0.15) is 43.2 Å². The molecule has 2 aliphatic heterocycles. The van der Waals surface area contributed by atoms with Crippen LogP contribution < -0.4 is 9.64 Å². The lowest BCUT2D eigenvalue weighted by atomic mass is 9.93. The fourth-order valence-corrected chi connectivity index (χ4v) is 6.20. The Labute approximate surface area is 222 Å². The second-order valence-electron chi connectivity index (χ2n) is 9.80. The summed E-state index contributed by atoms with van der Waals surface area (Å²) >= 11 is 1.67. The molecule has 5 rings (SSSR count). The molecule has 2 aliphatic rings. The number of piperidine rings is 1. The standard InChI is InChI=1S/C29H34N4O3S/c1-22(34)32-16-14-24-9-7-10-25(33(24)20-28-30-15-17-37-28)19-31(18-23-8-5-6-13-27(23)32)29(35)21-36-26-11-3-2-4-12-26/h2-6,8,11-13,15,17,24-25H,7,9-10,14,16,18-21H2,1H3. The van der Waals surface area contributed by atoms with Gasteiger partial charge in [-0.2, -0.15) is 0 Å². The van der Waals surface area contributed by atoms with Gasteiger partial charge in [-0.05, 0) is 43.0 Å². The number of amides is 2. The Bertz CT molecular complexity index is 1190. The van der Waals surface area contributed by atoms with E-state index < -0.39 is 0 Å². The normalized spacial score (nSPS) is 20.6. The van der Waals surface area contributed by atoms with Crippen molar-refractivity contribution < 1.29 is 14.3 Å². The predicted molar refractivity (Wildman–Crippen MR) is 146 cm³/mol. The number of rotatable bonds is 5. The molecule has 0 radical (unpaired) electrons. The zero-order chi connectivity index (χ0) is 25.6. The fraction of sp³-hybridized carbons (Fsp3) is 0.414. The smallest absolute Gasteiger partial charge is 0.260 e. The van der Waals surface area contributed by atoms with Crippen LogP contribution in [0.2, 0.25) is 0 Å². The Morgan fingerprint density at radius 2 is 1.81 bits per heavy atom. The molecule has 1 saturated heterocycles. The number of nitrogens with zero attached hydrogens (tertiary/aromatic N) is 4. The molecule has 2 amide bonds. The number of hydrogen-bond donors (Lipinski definition) is 0. The van der Waals surface area contributed by atoms with E-state index in [1.54, 1.807) is 18.3 Å². The van der Waals surface area contributed by atoms with Crippen molar-refractivity contribution in [1.29, 1.82) is 0 Å². The third-order valence-corrected chi connectivity index (χ3v) is 8.18. The minimum atomic E-state index is -0.0522. The van der Waals surface area contributed by atoms with Crippen molar-refractivity contribution in [1.82, 2.24) is 14.8 Å². The number of hydrogen-bond acceptors (Lipinski definition) is 6. The van der Waals surface area contributed by atoms with Crippen molar-refractivity contribution in [2.45, 2.75) is 57.8 Å². The summed E-state index contributed by atoms with van der Waals surface area (Å²) in [5.41, 5.74) is 1.87. The van der Waals surface area contributed by atoms with Crippen LogP contribution in [0.5, 0.6) is 5.75 Å². The molecule has 3 heterocycles. The number of anilines is 1. The van der Waals surface area contributed by atoms with Crippen LogP contribution in [0.3, 0.4) is 0 Å². The number of fused-ring (bicyclic) bond motifs is 3. The summed E-state index contributed by atoms with van der Waals surface area (Å²) in [5.74, 6) is 0.652. The molecule has 3 aromatic rings. The fourth-order valence-electron chi connectivity index (χ4n) is 5.57. The molecule has 1 fully saturated rings. The van der Waals surface area contributed by atoms with E-state index in [1.165, 1.54) is 0 Å². The van der Waals surface area contributed by atoms with Crippen LogP contribution >= 0.6 is 11.3 Å². The third kappa shape index (κ3) is 6.19. The van der Waals surface area contributed by atoms with Gasteiger partial charge < -0.3 is 14.5 Å². The van der Waals surface area contributed by atoms with Gasteiger partial charge in [0.2, 0.25) is 5.91 Å². The van der Waals surface area contributed by atoms with E-state index in [9.17, 15) is 9.59 Å². The first-order valence-electron chi connectivity index (χ1n) is 13.0. The molecule has 194 valence electrons. The average Bonchev–Trinajstić information content (AvgIpc) is 3.42. The van der Waals surface area contributed by atoms with Gasteiger partial charge in [-0.15, -0.1) is 11.3 Å². The first kappa shape index (κ1) is 25.4. The third-order valence-electron chi connectivity index (χ3n) is 7.41. The van der Waals surface area contributed by atoms with E-state index >= 15 is 0 Å². The number of benzene rings is 2. The predicted octanol–water partition coefficient (Wildman–Crippen LogP) is 4.73. The zero-order valence-electron chi connectivity index (χ0n) is 21.3. The van der Waals surface area contributed by atoms with Crippen molar-refractivity contribution in [3.8, 4) is 5.75 Å². The Hall–Kier alpha value is -3.23. The van der Waals surface area contributed by atoms with Crippen molar-refractivity contribution in [3.63, 3.8) is 0 Å². The summed E-state index contributed by atoms with van der Waals surface area (Å²) < 4.78 is 5.86. The van der Waals surface area contributed by atoms with Gasteiger partial charge in [-0.1, -0.05) is 42.8 Å². The molecule has 2 atom stereocenters. The maximum atomic E-state index is 13.6. The Balaban J connectivity index is 1.47. The molecular formula is C29H34N4O3S. The zero-order valence-corrected chi connectivity index (χ0v) is 22.1. The van der Waals surface area contributed by atoms with Gasteiger partial charge in [-0.25, -0.2) is 4.98 Å². The van der Waals surface area contributed by atoms with Crippen molar-refractivity contribution >= 4 is 28.8 Å². The highest BCUT2D eigenvalue weighted by molar-refractivity contribution is 7.09. The van der Waals surface area contributed by atoms with Gasteiger partial charge in [0.15, 0.2) is 6.61 Å². The number of para-hydroxylation sites is 2. The summed E-state index contributed by atoms with van der Waals surface area (Å²) in [7, 11) is 0. The molecule has 7 nitrogen and oxygen atoms in total. The molecule has 0 spiro atoms. The van der Waals surface area contributed by atoms with Crippen LogP contribution in [0.15, 0.2) is 66.2 Å². The molecule has 2 aromatic carbocycles. The Kier molecular flexibility index (Phi) is 8.16. The quantitative estimate of drug-likeness (QED) is 0.489. The van der Waals surface area contributed by atoms with Gasteiger partial charge in [-0.3, -0.25) is 14.5 Å². The van der Waals surface area contributed by atoms with E-state index in [0.29, 0.717) is 31.4 Å². The van der Waals surface area contributed by atoms with Crippen LogP contribution in [0, 0.1) is 0 Å². The number of carbonyl (C=O) groups is 2. The van der Waals surface area contributed by atoms with Crippen LogP contribution in [0.4, 0.5) is 5.69 Å². The molecule has 2 bridgehead atoms. The lowest BCUT2D eigenvalue weighted by molar-refractivity contribution is -0.135. The summed E-state index contributed by atoms with van der Waals surface area (Å²) in [6, 6.07) is 18.0. The molecule has 37 heavy (non-hydrogen) atoms. The molecule has 8 heteroatoms. The van der Waals surface area contributed by atoms with E-state index in [0.717, 1.165) is 48.5 Å². The minimum absolute atomic E-state index is 0.0226. The Morgan fingerprint density at radius 1 is 1.03 bits per heavy atom. The van der Waals surface area contributed by atoms with Crippen LogP contribution in [-0.4, -0.2) is 58.4 Å². The number of aromatic nitrogens is 1. The van der Waals surface area contributed by atoms with E-state index in [2.05, 4.69) is 9.88 Å². The highest BCUT2D eigenvalue weighted by Gasteiger charge is 2.35. The molecule has 0 N–H and O–H groups in total. The largest absolute Gasteiger partial charge is 0.484 e. The van der Waals surface area contributed by atoms with Crippen molar-refractivity contribution in [2.75, 3.05) is 24.6 Å². The van der Waals surface area contributed by atoms with E-state index in [1.807, 2.05) is 76.0 Å². The van der Waals surface area contributed by atoms with Crippen molar-refractivity contribution in [2.24, 2.45) is 0 Å². The monoisotopic (exact) mass is 518 g/mol. The number of ether oxygens (including phenoxy) is 1. The summed E-state index contributed by atoms with van der Waals surface area (Å²) in [4.78, 5) is 37.3. The minimum Gasteiger partial charge on any atom is -0.484 e. The van der Waals surface area contributed by atoms with Gasteiger partial charge in [0.05, 0.1) is 6.54 Å². The Morgan fingerprint density at radius 3 is 2.59 bits per heavy atom. The highest BCUT2D eigenvalue weighted by atomic mass is 32.1. The summed E-state index contributed by atoms with van der Waals surface area (Å²) in [6.45, 7) is 4.08. The van der Waals surface area contributed by atoms with Crippen LogP contribution in [-0.2, 0) is 22.7 Å². The summed E-state index contributed by atoms with van der Waals surface area (Å²) in [5, 5.41) is 3.10. The number of carbonyl (C=O) groups excluding carboxylic acids is 2. The molecule has 0 saturated carbocycles. The van der Waals surface area contributed by atoms with Crippen molar-refractivity contribution in [3.05, 3.63) is 76.7 Å². The second-order valence-corrected chi connectivity index (χ2v) is 10.8. The first-order valence-corrected chi connectivity index (χ1v) is 13.9. The first-order chi connectivity index (χ1) is 18.1. The topological polar surface area (TPSA) is 66.0 Å². The maximum absolute atomic E-state index is 13.6. The number of thiazole rings is 1. The molecule has 1 aromatic heterocycles. The highest BCUT2D eigenvalue weighted by Crippen LogP contribution is 2.32. The van der Waals surface area contributed by atoms with Gasteiger partial charge >= 0.3 is 0 Å².